The van der Waals surface area contributed by atoms with Crippen molar-refractivity contribution >= 4 is 0 Å². The Bertz CT molecular complexity index is 381. The fourth-order valence-electron chi connectivity index (χ4n) is 2.93. The fourth-order valence-corrected chi connectivity index (χ4v) is 2.93. The zero-order valence-corrected chi connectivity index (χ0v) is 13.0. The lowest BCUT2D eigenvalue weighted by molar-refractivity contribution is 0.239. The molecule has 2 rings (SSSR count). The number of ether oxygens (including phenoxy) is 1. The van der Waals surface area contributed by atoms with Crippen molar-refractivity contribution in [2.75, 3.05) is 0 Å². The average Bonchev–Trinajstić information content (AvgIpc) is 2.38. The van der Waals surface area contributed by atoms with Crippen LogP contribution in [0.25, 0.3) is 0 Å². The van der Waals surface area contributed by atoms with Crippen LogP contribution in [0.1, 0.15) is 64.4 Å². The highest BCUT2D eigenvalue weighted by atomic mass is 16.5. The predicted molar refractivity (Wildman–Crippen MR) is 85.2 cm³/mol. The smallest absolute Gasteiger partial charge is 0.124 e. The SMILES string of the molecule is CC(C)Oc1ccccc1CNC1CCCCCCC1. The van der Waals surface area contributed by atoms with Crippen molar-refractivity contribution in [1.29, 1.82) is 0 Å². The topological polar surface area (TPSA) is 21.3 Å². The van der Waals surface area contributed by atoms with Gasteiger partial charge in [-0.2, -0.15) is 0 Å². The van der Waals surface area contributed by atoms with Gasteiger partial charge in [0.05, 0.1) is 6.10 Å². The van der Waals surface area contributed by atoms with Crippen LogP contribution in [-0.4, -0.2) is 12.1 Å². The molecule has 2 nitrogen and oxygen atoms in total. The Morgan fingerprint density at radius 2 is 1.70 bits per heavy atom. The molecule has 0 amide bonds. The second kappa shape index (κ2) is 8.31. The Hall–Kier alpha value is -1.02. The van der Waals surface area contributed by atoms with Crippen LogP contribution in [-0.2, 0) is 6.54 Å². The normalized spacial score (nSPS) is 17.8. The van der Waals surface area contributed by atoms with Gasteiger partial charge in [0.15, 0.2) is 0 Å². The van der Waals surface area contributed by atoms with E-state index in [0.29, 0.717) is 6.04 Å². The lowest BCUT2D eigenvalue weighted by Crippen LogP contribution is -2.29. The van der Waals surface area contributed by atoms with Gasteiger partial charge in [0.1, 0.15) is 5.75 Å². The predicted octanol–water partition coefficient (Wildman–Crippen LogP) is 4.68. The monoisotopic (exact) mass is 275 g/mol. The number of nitrogens with one attached hydrogen (secondary N) is 1. The molecular weight excluding hydrogens is 246 g/mol. The molecule has 0 radical (unpaired) electrons. The summed E-state index contributed by atoms with van der Waals surface area (Å²) < 4.78 is 5.89. The lowest BCUT2D eigenvalue weighted by Gasteiger charge is -2.22. The summed E-state index contributed by atoms with van der Waals surface area (Å²) in [6.07, 6.45) is 9.88. The molecule has 1 aliphatic carbocycles. The zero-order valence-electron chi connectivity index (χ0n) is 13.0. The van der Waals surface area contributed by atoms with Gasteiger partial charge >= 0.3 is 0 Å². The molecule has 2 heteroatoms. The van der Waals surface area contributed by atoms with Crippen molar-refractivity contribution in [1.82, 2.24) is 5.32 Å². The van der Waals surface area contributed by atoms with E-state index in [1.54, 1.807) is 0 Å². The Kier molecular flexibility index (Phi) is 6.38. The summed E-state index contributed by atoms with van der Waals surface area (Å²) >= 11 is 0. The minimum Gasteiger partial charge on any atom is -0.491 e. The highest BCUT2D eigenvalue weighted by Crippen LogP contribution is 2.21. The molecule has 0 aliphatic heterocycles. The fraction of sp³-hybridized carbons (Fsp3) is 0.667. The van der Waals surface area contributed by atoms with Gasteiger partial charge in [-0.25, -0.2) is 0 Å². The van der Waals surface area contributed by atoms with Gasteiger partial charge in [0.25, 0.3) is 0 Å². The second-order valence-electron chi connectivity index (χ2n) is 6.20. The number of para-hydroxylation sites is 1. The molecule has 1 saturated carbocycles. The second-order valence-corrected chi connectivity index (χ2v) is 6.20. The molecule has 0 spiro atoms. The molecule has 0 heterocycles. The molecule has 1 aromatic rings. The summed E-state index contributed by atoms with van der Waals surface area (Å²) in [5, 5.41) is 3.74. The van der Waals surface area contributed by atoms with Crippen molar-refractivity contribution in [3.63, 3.8) is 0 Å². The van der Waals surface area contributed by atoms with Gasteiger partial charge in [0.2, 0.25) is 0 Å². The van der Waals surface area contributed by atoms with E-state index in [2.05, 4.69) is 43.4 Å². The largest absolute Gasteiger partial charge is 0.491 e. The minimum atomic E-state index is 0.234. The van der Waals surface area contributed by atoms with Crippen LogP contribution >= 0.6 is 0 Å². The Balaban J connectivity index is 1.88. The third kappa shape index (κ3) is 5.16. The molecule has 1 aliphatic rings. The molecule has 0 atom stereocenters. The maximum Gasteiger partial charge on any atom is 0.124 e. The van der Waals surface area contributed by atoms with E-state index >= 15 is 0 Å². The highest BCUT2D eigenvalue weighted by Gasteiger charge is 2.12. The molecule has 1 N–H and O–H groups in total. The van der Waals surface area contributed by atoms with E-state index in [9.17, 15) is 0 Å². The summed E-state index contributed by atoms with van der Waals surface area (Å²) in [4.78, 5) is 0. The first-order valence-electron chi connectivity index (χ1n) is 8.23. The van der Waals surface area contributed by atoms with Crippen LogP contribution in [0.5, 0.6) is 5.75 Å². The van der Waals surface area contributed by atoms with E-state index in [4.69, 9.17) is 4.74 Å². The minimum absolute atomic E-state index is 0.234. The van der Waals surface area contributed by atoms with E-state index in [1.165, 1.54) is 50.5 Å². The average molecular weight is 275 g/mol. The quantitative estimate of drug-likeness (QED) is 0.842. The first-order valence-corrected chi connectivity index (χ1v) is 8.23. The zero-order chi connectivity index (χ0) is 14.2. The van der Waals surface area contributed by atoms with Crippen LogP contribution in [0, 0.1) is 0 Å². The van der Waals surface area contributed by atoms with Crippen molar-refractivity contribution < 1.29 is 4.74 Å². The van der Waals surface area contributed by atoms with Gasteiger partial charge in [-0.05, 0) is 32.8 Å². The van der Waals surface area contributed by atoms with E-state index in [1.807, 2.05) is 0 Å². The molecule has 0 saturated heterocycles. The summed E-state index contributed by atoms with van der Waals surface area (Å²) in [6, 6.07) is 9.09. The van der Waals surface area contributed by atoms with Gasteiger partial charge in [0, 0.05) is 18.2 Å². The van der Waals surface area contributed by atoms with Crippen LogP contribution in [0.15, 0.2) is 24.3 Å². The molecule has 20 heavy (non-hydrogen) atoms. The molecule has 1 aromatic carbocycles. The Labute approximate surface area is 123 Å². The number of benzene rings is 1. The van der Waals surface area contributed by atoms with Crippen molar-refractivity contribution in [2.45, 2.75) is 77.5 Å². The van der Waals surface area contributed by atoms with E-state index in [0.717, 1.165) is 12.3 Å². The summed E-state index contributed by atoms with van der Waals surface area (Å²) in [7, 11) is 0. The van der Waals surface area contributed by atoms with Gasteiger partial charge < -0.3 is 10.1 Å². The van der Waals surface area contributed by atoms with Gasteiger partial charge in [-0.1, -0.05) is 50.3 Å². The van der Waals surface area contributed by atoms with Gasteiger partial charge in [-0.15, -0.1) is 0 Å². The first kappa shape index (κ1) is 15.4. The molecule has 1 fully saturated rings. The summed E-state index contributed by atoms with van der Waals surface area (Å²) in [5.74, 6) is 1.03. The third-order valence-corrected chi connectivity index (χ3v) is 4.02. The van der Waals surface area contributed by atoms with Crippen molar-refractivity contribution in [3.05, 3.63) is 29.8 Å². The highest BCUT2D eigenvalue weighted by molar-refractivity contribution is 5.33. The Morgan fingerprint density at radius 1 is 1.05 bits per heavy atom. The molecule has 112 valence electrons. The summed E-state index contributed by atoms with van der Waals surface area (Å²) in [6.45, 7) is 5.09. The molecule has 0 aromatic heterocycles. The Morgan fingerprint density at radius 3 is 2.40 bits per heavy atom. The number of hydrogen-bond donors (Lipinski definition) is 1. The van der Waals surface area contributed by atoms with E-state index in [-0.39, 0.29) is 6.10 Å². The lowest BCUT2D eigenvalue weighted by atomic mass is 9.96. The maximum atomic E-state index is 5.89. The van der Waals surface area contributed by atoms with Crippen LogP contribution in [0.2, 0.25) is 0 Å². The van der Waals surface area contributed by atoms with Crippen molar-refractivity contribution in [3.8, 4) is 5.75 Å². The summed E-state index contributed by atoms with van der Waals surface area (Å²) in [5.41, 5.74) is 1.28. The van der Waals surface area contributed by atoms with Crippen LogP contribution in [0.3, 0.4) is 0 Å². The first-order chi connectivity index (χ1) is 9.75. The van der Waals surface area contributed by atoms with Gasteiger partial charge in [-0.3, -0.25) is 0 Å². The maximum absolute atomic E-state index is 5.89. The molecule has 0 unspecified atom stereocenters. The third-order valence-electron chi connectivity index (χ3n) is 4.02. The van der Waals surface area contributed by atoms with Crippen molar-refractivity contribution in [2.24, 2.45) is 0 Å². The number of hydrogen-bond acceptors (Lipinski definition) is 2. The van der Waals surface area contributed by atoms with E-state index < -0.39 is 0 Å². The standard InChI is InChI=1S/C18H29NO/c1-15(2)20-18-13-9-8-10-16(18)14-19-17-11-6-4-3-5-7-12-17/h8-10,13,15,17,19H,3-7,11-12,14H2,1-2H3. The van der Waals surface area contributed by atoms with Crippen LogP contribution in [0.4, 0.5) is 0 Å². The molecular formula is C18H29NO. The van der Waals surface area contributed by atoms with Crippen LogP contribution < -0.4 is 10.1 Å². The molecule has 0 bridgehead atoms. The number of rotatable bonds is 5.